The number of aliphatic hydroxyl groups excluding tert-OH is 1. The Morgan fingerprint density at radius 2 is 1.77 bits per heavy atom. The molecule has 1 aliphatic rings. The van der Waals surface area contributed by atoms with Crippen molar-refractivity contribution in [3.05, 3.63) is 53.6 Å². The van der Waals surface area contributed by atoms with Crippen LogP contribution < -0.4 is 16.1 Å². The van der Waals surface area contributed by atoms with Crippen LogP contribution >= 0.6 is 34.8 Å². The van der Waals surface area contributed by atoms with Gasteiger partial charge in [0.05, 0.1) is 6.10 Å². The van der Waals surface area contributed by atoms with Gasteiger partial charge in [-0.05, 0) is 66.6 Å². The van der Waals surface area contributed by atoms with Gasteiger partial charge >= 0.3 is 5.97 Å². The summed E-state index contributed by atoms with van der Waals surface area (Å²) < 4.78 is 3.27. The molecule has 44 heavy (non-hydrogen) atoms. The number of fused-ring (bicyclic) bond motifs is 1. The highest BCUT2D eigenvalue weighted by atomic mass is 35.6. The molecule has 4 atom stereocenters. The van der Waals surface area contributed by atoms with E-state index in [1.807, 2.05) is 42.5 Å². The van der Waals surface area contributed by atoms with Crippen LogP contribution in [-0.2, 0) is 23.9 Å². The molecule has 13 heteroatoms. The molecule has 3 amide bonds. The quantitative estimate of drug-likeness (QED) is 0.206. The van der Waals surface area contributed by atoms with Crippen molar-refractivity contribution in [2.75, 3.05) is 13.2 Å². The van der Waals surface area contributed by atoms with Crippen LogP contribution in [0.1, 0.15) is 64.2 Å². The van der Waals surface area contributed by atoms with Crippen molar-refractivity contribution in [2.24, 2.45) is 5.92 Å². The van der Waals surface area contributed by atoms with Crippen molar-refractivity contribution in [2.45, 2.75) is 75.0 Å². The predicted molar refractivity (Wildman–Crippen MR) is 172 cm³/mol. The smallest absolute Gasteiger partial charge is 0.325 e. The van der Waals surface area contributed by atoms with E-state index in [2.05, 4.69) is 16.1 Å². The molecule has 0 saturated carbocycles. The molecular formula is C31H39Cl3N4O6. The number of rotatable bonds is 11. The minimum atomic E-state index is -1.75. The second-order valence-electron chi connectivity index (χ2n) is 11.2. The summed E-state index contributed by atoms with van der Waals surface area (Å²) in [6.07, 6.45) is 3.96. The Morgan fingerprint density at radius 3 is 2.43 bits per heavy atom. The fourth-order valence-corrected chi connectivity index (χ4v) is 4.85. The maximum atomic E-state index is 13.1. The number of hydrazine groups is 1. The Balaban J connectivity index is 1.53. The van der Waals surface area contributed by atoms with Gasteiger partial charge in [-0.2, -0.15) is 0 Å². The van der Waals surface area contributed by atoms with E-state index in [-0.39, 0.29) is 18.2 Å². The van der Waals surface area contributed by atoms with Crippen LogP contribution in [-0.4, -0.2) is 68.9 Å². The lowest BCUT2D eigenvalue weighted by Gasteiger charge is -2.34. The maximum Gasteiger partial charge on any atom is 0.325 e. The molecule has 10 nitrogen and oxygen atoms in total. The molecule has 1 heterocycles. The Morgan fingerprint density at radius 1 is 1.07 bits per heavy atom. The summed E-state index contributed by atoms with van der Waals surface area (Å²) in [7, 11) is 0. The second kappa shape index (κ2) is 15.9. The summed E-state index contributed by atoms with van der Waals surface area (Å²) in [5.74, 6) is -2.21. The van der Waals surface area contributed by atoms with Crippen LogP contribution in [0.25, 0.3) is 16.8 Å². The van der Waals surface area contributed by atoms with E-state index in [0.717, 1.165) is 21.9 Å². The van der Waals surface area contributed by atoms with Crippen molar-refractivity contribution in [1.82, 2.24) is 21.1 Å². The van der Waals surface area contributed by atoms with Gasteiger partial charge in [-0.15, -0.1) is 0 Å². The number of carbonyl (C=O) groups is 4. The van der Waals surface area contributed by atoms with Crippen molar-refractivity contribution in [1.29, 1.82) is 0 Å². The van der Waals surface area contributed by atoms with Crippen LogP contribution in [0, 0.1) is 5.92 Å². The first-order valence-electron chi connectivity index (χ1n) is 14.4. The Bertz CT molecular complexity index is 1380. The highest BCUT2D eigenvalue weighted by Crippen LogP contribution is 2.26. The Labute approximate surface area is 272 Å². The number of hydrogen-bond donors (Lipinski definition) is 4. The van der Waals surface area contributed by atoms with E-state index in [0.29, 0.717) is 19.4 Å². The second-order valence-corrected chi connectivity index (χ2v) is 13.7. The number of amides is 3. The number of alkyl halides is 3. The van der Waals surface area contributed by atoms with Crippen LogP contribution in [0.4, 0.5) is 0 Å². The molecule has 4 unspecified atom stereocenters. The number of esters is 1. The number of nitrogens with one attached hydrogen (secondary N) is 3. The number of nitrogens with zero attached hydrogens (tertiary/aromatic N) is 1. The summed E-state index contributed by atoms with van der Waals surface area (Å²) in [5, 5.41) is 18.6. The van der Waals surface area contributed by atoms with Gasteiger partial charge in [0.25, 0.3) is 5.91 Å². The number of benzene rings is 2. The van der Waals surface area contributed by atoms with Gasteiger partial charge in [-0.1, -0.05) is 85.1 Å². The van der Waals surface area contributed by atoms with E-state index < -0.39 is 52.4 Å². The first-order chi connectivity index (χ1) is 20.6. The average molecular weight is 670 g/mol. The van der Waals surface area contributed by atoms with Gasteiger partial charge < -0.3 is 20.5 Å². The molecule has 0 aliphatic carbocycles. The molecule has 4 N–H and O–H groups in total. The van der Waals surface area contributed by atoms with E-state index in [1.165, 1.54) is 11.9 Å². The fourth-order valence-electron chi connectivity index (χ4n) is 4.68. The largest absolute Gasteiger partial charge is 0.460 e. The zero-order chi connectivity index (χ0) is 32.6. The Hall–Kier alpha value is -2.89. The number of carbonyl (C=O) groups excluding carboxylic acids is 4. The first-order valence-corrected chi connectivity index (χ1v) is 15.6. The van der Waals surface area contributed by atoms with Gasteiger partial charge in [0.1, 0.15) is 24.7 Å². The van der Waals surface area contributed by atoms with Crippen LogP contribution in [0.2, 0.25) is 0 Å². The summed E-state index contributed by atoms with van der Waals surface area (Å²) in [4.78, 5) is 51.3. The van der Waals surface area contributed by atoms with Gasteiger partial charge in [0, 0.05) is 13.0 Å². The van der Waals surface area contributed by atoms with Crippen molar-refractivity contribution >= 4 is 75.3 Å². The lowest BCUT2D eigenvalue weighted by Crippen LogP contribution is -2.61. The molecule has 0 aromatic heterocycles. The van der Waals surface area contributed by atoms with Gasteiger partial charge in [0.15, 0.2) is 0 Å². The number of halogens is 3. The summed E-state index contributed by atoms with van der Waals surface area (Å²) in [5.41, 5.74) is 4.54. The van der Waals surface area contributed by atoms with E-state index in [9.17, 15) is 24.3 Å². The molecule has 3 rings (SSSR count). The average Bonchev–Trinajstić information content (AvgIpc) is 2.97. The third kappa shape index (κ3) is 10.6. The molecular weight excluding hydrogens is 631 g/mol. The van der Waals surface area contributed by atoms with Crippen molar-refractivity contribution in [3.8, 4) is 0 Å². The van der Waals surface area contributed by atoms with Gasteiger partial charge in [-0.25, -0.2) is 5.43 Å². The van der Waals surface area contributed by atoms with Crippen LogP contribution in [0.5, 0.6) is 0 Å². The van der Waals surface area contributed by atoms with E-state index in [4.69, 9.17) is 39.5 Å². The van der Waals surface area contributed by atoms with Crippen LogP contribution in [0.3, 0.4) is 0 Å². The molecule has 1 aliphatic heterocycles. The topological polar surface area (TPSA) is 137 Å². The minimum Gasteiger partial charge on any atom is -0.460 e. The lowest BCUT2D eigenvalue weighted by molar-refractivity contribution is -0.152. The molecule has 0 bridgehead atoms. The summed E-state index contributed by atoms with van der Waals surface area (Å²) >= 11 is 16.9. The third-order valence-corrected chi connectivity index (χ3v) is 7.42. The molecule has 2 aromatic rings. The van der Waals surface area contributed by atoms with Gasteiger partial charge in [0.2, 0.25) is 15.6 Å². The monoisotopic (exact) mass is 668 g/mol. The number of ether oxygens (including phenoxy) is 1. The molecule has 1 fully saturated rings. The van der Waals surface area contributed by atoms with E-state index >= 15 is 0 Å². The molecule has 240 valence electrons. The highest BCUT2D eigenvalue weighted by molar-refractivity contribution is 6.67. The number of hydrogen-bond acceptors (Lipinski definition) is 7. The summed E-state index contributed by atoms with van der Waals surface area (Å²) in [6, 6.07) is 9.05. The SMILES string of the molecule is CC(NC(=O)C(NC(=O)CC=Cc1ccc2ccc(C(C)O)cc2c1)C(C)C)C(=O)N1CCCC(C(=O)OCC(Cl)(Cl)Cl)N1. The maximum absolute atomic E-state index is 13.1. The summed E-state index contributed by atoms with van der Waals surface area (Å²) in [6.45, 7) is 6.73. The van der Waals surface area contributed by atoms with E-state index in [1.54, 1.807) is 26.8 Å². The zero-order valence-corrected chi connectivity index (χ0v) is 27.4. The number of aliphatic hydroxyl groups is 1. The third-order valence-electron chi connectivity index (χ3n) is 7.09. The minimum absolute atomic E-state index is 0.0458. The normalized spacial score (nSPS) is 17.8. The molecule has 1 saturated heterocycles. The van der Waals surface area contributed by atoms with Gasteiger partial charge in [-0.3, -0.25) is 24.2 Å². The van der Waals surface area contributed by atoms with Crippen molar-refractivity contribution in [3.63, 3.8) is 0 Å². The highest BCUT2D eigenvalue weighted by Gasteiger charge is 2.34. The lowest BCUT2D eigenvalue weighted by atomic mass is 10.0. The van der Waals surface area contributed by atoms with Crippen LogP contribution in [0.15, 0.2) is 42.5 Å². The molecule has 0 spiro atoms. The Kier molecular flexibility index (Phi) is 12.9. The predicted octanol–water partition coefficient (Wildman–Crippen LogP) is 4.35. The molecule has 2 aromatic carbocycles. The fraction of sp³-hybridized carbons (Fsp3) is 0.484. The molecule has 0 radical (unpaired) electrons. The first kappa shape index (κ1) is 35.6. The van der Waals surface area contributed by atoms with Crippen molar-refractivity contribution < 1.29 is 29.0 Å². The zero-order valence-electron chi connectivity index (χ0n) is 25.1. The standard InChI is InChI=1S/C31H39Cl3N4O6/c1-18(2)27(36-26(40)9-5-7-21-10-11-22-12-13-23(20(4)39)16-24(22)15-21)28(41)35-19(3)29(42)38-14-6-8-25(37-38)30(43)44-17-31(32,33)34/h5,7,10-13,15-16,18-20,25,27,37,39H,6,8-9,14,17H2,1-4H3,(H,35,41)(H,36,40).